The van der Waals surface area contributed by atoms with E-state index >= 15 is 0 Å². The summed E-state index contributed by atoms with van der Waals surface area (Å²) in [6.07, 6.45) is 2.47. The van der Waals surface area contributed by atoms with Gasteiger partial charge in [0, 0.05) is 45.8 Å². The molecule has 15 heavy (non-hydrogen) atoms. The van der Waals surface area contributed by atoms with Crippen LogP contribution in [0, 0.1) is 6.04 Å². The molecule has 1 radical (unpaired) electrons. The highest BCUT2D eigenvalue weighted by Gasteiger charge is 2.28. The van der Waals surface area contributed by atoms with E-state index in [-0.39, 0.29) is 6.23 Å². The third-order valence-corrected chi connectivity index (χ3v) is 3.44. The molecule has 0 aromatic heterocycles. The van der Waals surface area contributed by atoms with Crippen molar-refractivity contribution < 1.29 is 4.74 Å². The van der Waals surface area contributed by atoms with Crippen LogP contribution in [0.25, 0.3) is 0 Å². The van der Waals surface area contributed by atoms with Gasteiger partial charge in [-0.25, -0.2) is 0 Å². The second-order valence-electron chi connectivity index (χ2n) is 4.49. The van der Waals surface area contributed by atoms with Crippen LogP contribution >= 0.6 is 0 Å². The van der Waals surface area contributed by atoms with Crippen LogP contribution in [0.15, 0.2) is 0 Å². The van der Waals surface area contributed by atoms with Gasteiger partial charge in [0.1, 0.15) is 6.23 Å². The summed E-state index contributed by atoms with van der Waals surface area (Å²) < 4.78 is 5.36. The Balaban J connectivity index is 1.82. The van der Waals surface area contributed by atoms with Crippen molar-refractivity contribution in [1.29, 1.82) is 0 Å². The number of piperidine rings is 1. The van der Waals surface area contributed by atoms with E-state index in [0.717, 1.165) is 13.0 Å². The summed E-state index contributed by atoms with van der Waals surface area (Å²) in [5.41, 5.74) is 0. The van der Waals surface area contributed by atoms with Gasteiger partial charge in [0.25, 0.3) is 0 Å². The van der Waals surface area contributed by atoms with Gasteiger partial charge in [0.05, 0.1) is 0 Å². The number of likely N-dealkylation sites (N-methyl/N-ethyl adjacent to an activating group) is 1. The molecule has 0 aliphatic carbocycles. The fourth-order valence-corrected chi connectivity index (χ4v) is 2.34. The summed E-state index contributed by atoms with van der Waals surface area (Å²) in [5, 5.41) is 3.37. The van der Waals surface area contributed by atoms with Crippen molar-refractivity contribution in [3.8, 4) is 0 Å². The molecule has 2 fully saturated rings. The fraction of sp³-hybridized carbons (Fsp3) is 0.909. The molecule has 4 nitrogen and oxygen atoms in total. The molecule has 1 N–H and O–H groups in total. The lowest BCUT2D eigenvalue weighted by Gasteiger charge is -2.40. The molecule has 0 aromatic carbocycles. The first kappa shape index (κ1) is 11.3. The Labute approximate surface area is 92.6 Å². The lowest BCUT2D eigenvalue weighted by atomic mass is 10.0. The second-order valence-corrected chi connectivity index (χ2v) is 4.49. The molecule has 2 heterocycles. The first-order valence-corrected chi connectivity index (χ1v) is 5.84. The van der Waals surface area contributed by atoms with Gasteiger partial charge in [0.2, 0.25) is 0 Å². The van der Waals surface area contributed by atoms with Gasteiger partial charge >= 0.3 is 0 Å². The molecule has 87 valence electrons. The zero-order valence-corrected chi connectivity index (χ0v) is 9.83. The van der Waals surface area contributed by atoms with Gasteiger partial charge in [-0.3, -0.25) is 10.2 Å². The Bertz CT molecular complexity index is 192. The van der Waals surface area contributed by atoms with Gasteiger partial charge in [-0.05, 0) is 20.0 Å². The number of hydrogen-bond acceptors (Lipinski definition) is 4. The molecule has 0 bridgehead atoms. The molecule has 2 aliphatic heterocycles. The van der Waals surface area contributed by atoms with Crippen molar-refractivity contribution in [3.63, 3.8) is 0 Å². The third-order valence-electron chi connectivity index (χ3n) is 3.44. The molecule has 1 unspecified atom stereocenters. The van der Waals surface area contributed by atoms with Crippen molar-refractivity contribution in [2.75, 3.05) is 46.9 Å². The molecule has 1 atom stereocenters. The first-order valence-electron chi connectivity index (χ1n) is 5.84. The predicted octanol–water partition coefficient (Wildman–Crippen LogP) is 0.122. The Hall–Kier alpha value is -0.160. The molecule has 0 saturated carbocycles. The number of nitrogens with one attached hydrogen (secondary N) is 1. The number of ether oxygens (including phenoxy) is 1. The van der Waals surface area contributed by atoms with Crippen LogP contribution in [-0.4, -0.2) is 62.9 Å². The number of nitrogens with zero attached hydrogens (tertiary/aromatic N) is 2. The van der Waals surface area contributed by atoms with Gasteiger partial charge in [-0.2, -0.15) is 0 Å². The van der Waals surface area contributed by atoms with Gasteiger partial charge in [-0.1, -0.05) is 0 Å². The zero-order chi connectivity index (χ0) is 10.7. The molecule has 2 rings (SSSR count). The van der Waals surface area contributed by atoms with Crippen molar-refractivity contribution in [2.45, 2.75) is 19.1 Å². The van der Waals surface area contributed by atoms with E-state index in [1.54, 1.807) is 13.2 Å². The SMILES string of the molecule is COC1C[C](N2CCN(C)CC2)CCN1. The van der Waals surface area contributed by atoms with E-state index in [2.05, 4.69) is 22.2 Å². The van der Waals surface area contributed by atoms with Crippen LogP contribution in [0.4, 0.5) is 0 Å². The highest BCUT2D eigenvalue weighted by Crippen LogP contribution is 2.24. The van der Waals surface area contributed by atoms with Crippen LogP contribution in [-0.2, 0) is 4.74 Å². The maximum atomic E-state index is 5.36. The minimum atomic E-state index is 0.230. The highest BCUT2D eigenvalue weighted by molar-refractivity contribution is 4.97. The third kappa shape index (κ3) is 2.91. The maximum absolute atomic E-state index is 5.36. The normalized spacial score (nSPS) is 32.0. The quantitative estimate of drug-likeness (QED) is 0.704. The van der Waals surface area contributed by atoms with Crippen LogP contribution in [0.1, 0.15) is 12.8 Å². The van der Waals surface area contributed by atoms with Crippen LogP contribution in [0.3, 0.4) is 0 Å². The van der Waals surface area contributed by atoms with Crippen molar-refractivity contribution in [1.82, 2.24) is 15.1 Å². The van der Waals surface area contributed by atoms with E-state index < -0.39 is 0 Å². The summed E-state index contributed by atoms with van der Waals surface area (Å²) in [5.74, 6) is 0. The average molecular weight is 212 g/mol. The zero-order valence-electron chi connectivity index (χ0n) is 9.83. The Morgan fingerprint density at radius 2 is 2.00 bits per heavy atom. The molecule has 0 spiro atoms. The summed E-state index contributed by atoms with van der Waals surface area (Å²) in [4.78, 5) is 4.94. The Morgan fingerprint density at radius 1 is 1.27 bits per heavy atom. The van der Waals surface area contributed by atoms with Crippen LogP contribution in [0.2, 0.25) is 0 Å². The largest absolute Gasteiger partial charge is 0.367 e. The number of rotatable bonds is 2. The molecule has 2 aliphatic rings. The lowest BCUT2D eigenvalue weighted by molar-refractivity contribution is 0.0341. The van der Waals surface area contributed by atoms with Crippen LogP contribution in [0.5, 0.6) is 0 Å². The van der Waals surface area contributed by atoms with Gasteiger partial charge < -0.3 is 9.64 Å². The van der Waals surface area contributed by atoms with Crippen LogP contribution < -0.4 is 5.32 Å². The van der Waals surface area contributed by atoms with E-state index in [9.17, 15) is 0 Å². The summed E-state index contributed by atoms with van der Waals surface area (Å²) >= 11 is 0. The van der Waals surface area contributed by atoms with E-state index in [1.165, 1.54) is 32.6 Å². The summed E-state index contributed by atoms with van der Waals surface area (Å²) in [6.45, 7) is 5.80. The molecular formula is C11H22N3O. The average Bonchev–Trinajstić information content (AvgIpc) is 2.30. The molecule has 2 saturated heterocycles. The maximum Gasteiger partial charge on any atom is 0.109 e. The lowest BCUT2D eigenvalue weighted by Crippen LogP contribution is -2.50. The number of hydrogen-bond donors (Lipinski definition) is 1. The second kappa shape index (κ2) is 5.25. The minimum absolute atomic E-state index is 0.230. The molecular weight excluding hydrogens is 190 g/mol. The standard InChI is InChI=1S/C11H22N3O/c1-13-5-7-14(8-6-13)10-3-4-12-11(9-10)15-2/h11-12H,3-9H2,1-2H3. The van der Waals surface area contributed by atoms with Gasteiger partial charge in [-0.15, -0.1) is 0 Å². The Morgan fingerprint density at radius 3 is 2.67 bits per heavy atom. The molecule has 0 amide bonds. The van der Waals surface area contributed by atoms with Crippen molar-refractivity contribution in [3.05, 3.63) is 6.04 Å². The van der Waals surface area contributed by atoms with E-state index in [0.29, 0.717) is 0 Å². The molecule has 0 aromatic rings. The van der Waals surface area contributed by atoms with Crippen molar-refractivity contribution >= 4 is 0 Å². The predicted molar refractivity (Wildman–Crippen MR) is 60.3 cm³/mol. The van der Waals surface area contributed by atoms with E-state index in [1.807, 2.05) is 0 Å². The topological polar surface area (TPSA) is 27.7 Å². The number of methoxy groups -OCH3 is 1. The Kier molecular flexibility index (Phi) is 3.97. The monoisotopic (exact) mass is 212 g/mol. The number of piperazine rings is 1. The van der Waals surface area contributed by atoms with Crippen molar-refractivity contribution in [2.24, 2.45) is 0 Å². The highest BCUT2D eigenvalue weighted by atomic mass is 16.5. The fourth-order valence-electron chi connectivity index (χ4n) is 2.34. The minimum Gasteiger partial charge on any atom is -0.367 e. The molecule has 4 heteroatoms. The first-order chi connectivity index (χ1) is 7.29. The summed E-state index contributed by atoms with van der Waals surface area (Å²) in [7, 11) is 3.98. The summed E-state index contributed by atoms with van der Waals surface area (Å²) in [6, 6.07) is 1.58. The van der Waals surface area contributed by atoms with E-state index in [4.69, 9.17) is 4.74 Å². The van der Waals surface area contributed by atoms with Gasteiger partial charge in [0.15, 0.2) is 0 Å². The smallest absolute Gasteiger partial charge is 0.109 e.